The molecule has 1 saturated heterocycles. The van der Waals surface area contributed by atoms with Crippen molar-refractivity contribution in [3.05, 3.63) is 30.1 Å². The summed E-state index contributed by atoms with van der Waals surface area (Å²) in [5.41, 5.74) is 0.965. The molecule has 0 radical (unpaired) electrons. The molecule has 0 N–H and O–H groups in total. The van der Waals surface area contributed by atoms with E-state index in [4.69, 9.17) is 4.74 Å². The Morgan fingerprint density at radius 3 is 2.63 bits per heavy atom. The molecule has 1 aliphatic heterocycles. The first-order chi connectivity index (χ1) is 9.24. The summed E-state index contributed by atoms with van der Waals surface area (Å²) in [6, 6.07) is 6.21. The molecular formula is C13H17N5O. The highest BCUT2D eigenvalue weighted by Gasteiger charge is 2.20. The van der Waals surface area contributed by atoms with Crippen LogP contribution < -0.4 is 4.90 Å². The van der Waals surface area contributed by atoms with Gasteiger partial charge in [-0.25, -0.2) is 4.68 Å². The Balaban J connectivity index is 1.82. The maximum absolute atomic E-state index is 5.43. The number of aryl methyl sites for hydroxylation is 1. The average Bonchev–Trinajstić information content (AvgIpc) is 2.86. The fourth-order valence-electron chi connectivity index (χ4n) is 2.20. The van der Waals surface area contributed by atoms with Crippen LogP contribution in [0.15, 0.2) is 24.4 Å². The highest BCUT2D eigenvalue weighted by atomic mass is 16.5. The molecule has 19 heavy (non-hydrogen) atoms. The zero-order valence-electron chi connectivity index (χ0n) is 11.2. The van der Waals surface area contributed by atoms with Crippen LogP contribution in [0.4, 0.5) is 5.82 Å². The summed E-state index contributed by atoms with van der Waals surface area (Å²) in [6.45, 7) is 6.42. The molecule has 0 saturated carbocycles. The second-order valence-electron chi connectivity index (χ2n) is 4.77. The summed E-state index contributed by atoms with van der Waals surface area (Å²) >= 11 is 0. The predicted octanol–water partition coefficient (Wildman–Crippen LogP) is 1.20. The summed E-state index contributed by atoms with van der Waals surface area (Å²) in [5.74, 6) is 1.63. The molecule has 1 aliphatic rings. The molecule has 2 aromatic heterocycles. The Morgan fingerprint density at radius 2 is 2.00 bits per heavy atom. The summed E-state index contributed by atoms with van der Waals surface area (Å²) < 4.78 is 7.16. The Labute approximate surface area is 112 Å². The first-order valence-corrected chi connectivity index (χ1v) is 6.45. The molecule has 0 amide bonds. The number of rotatable bonds is 2. The maximum Gasteiger partial charge on any atom is 0.175 e. The van der Waals surface area contributed by atoms with Crippen LogP contribution in [0.1, 0.15) is 12.6 Å². The quantitative estimate of drug-likeness (QED) is 0.811. The van der Waals surface area contributed by atoms with Crippen LogP contribution in [-0.4, -0.2) is 45.8 Å². The predicted molar refractivity (Wildman–Crippen MR) is 71.5 cm³/mol. The van der Waals surface area contributed by atoms with Crippen LogP contribution in [-0.2, 0) is 4.74 Å². The van der Waals surface area contributed by atoms with Gasteiger partial charge in [0, 0.05) is 12.7 Å². The van der Waals surface area contributed by atoms with Crippen molar-refractivity contribution in [2.45, 2.75) is 19.9 Å². The average molecular weight is 259 g/mol. The van der Waals surface area contributed by atoms with Gasteiger partial charge in [0.15, 0.2) is 11.6 Å². The Hall–Kier alpha value is -1.95. The van der Waals surface area contributed by atoms with Gasteiger partial charge in [-0.05, 0) is 32.0 Å². The van der Waals surface area contributed by atoms with Crippen molar-refractivity contribution in [2.24, 2.45) is 0 Å². The van der Waals surface area contributed by atoms with Crippen LogP contribution in [0.2, 0.25) is 0 Å². The van der Waals surface area contributed by atoms with E-state index in [-0.39, 0.29) is 0 Å². The molecule has 100 valence electrons. The van der Waals surface area contributed by atoms with Crippen molar-refractivity contribution in [3.8, 4) is 5.82 Å². The monoisotopic (exact) mass is 259 g/mol. The lowest BCUT2D eigenvalue weighted by atomic mass is 10.2. The van der Waals surface area contributed by atoms with Crippen LogP contribution in [0, 0.1) is 6.92 Å². The van der Waals surface area contributed by atoms with Gasteiger partial charge in [-0.2, -0.15) is 5.10 Å². The number of aromatic nitrogens is 4. The number of nitrogens with zero attached hydrogens (tertiary/aromatic N) is 5. The van der Waals surface area contributed by atoms with Crippen molar-refractivity contribution in [3.63, 3.8) is 0 Å². The third kappa shape index (κ3) is 2.44. The minimum Gasteiger partial charge on any atom is -0.377 e. The van der Waals surface area contributed by atoms with Crippen molar-refractivity contribution < 1.29 is 4.74 Å². The van der Waals surface area contributed by atoms with Crippen molar-refractivity contribution in [1.29, 1.82) is 0 Å². The van der Waals surface area contributed by atoms with E-state index in [1.807, 2.05) is 31.3 Å². The second kappa shape index (κ2) is 4.97. The number of morpholine rings is 1. The standard InChI is InChI=1S/C13H17N5O/c1-10-5-6-18(16-10)13-4-3-12(14-15-13)17-7-8-19-9-11(17)2/h3-6,11H,7-9H2,1-2H3. The number of ether oxygens (including phenoxy) is 1. The largest absolute Gasteiger partial charge is 0.377 e. The Bertz CT molecular complexity index is 550. The molecular weight excluding hydrogens is 242 g/mol. The third-order valence-corrected chi connectivity index (χ3v) is 3.26. The van der Waals surface area contributed by atoms with Gasteiger partial charge >= 0.3 is 0 Å². The zero-order valence-corrected chi connectivity index (χ0v) is 11.2. The van der Waals surface area contributed by atoms with E-state index in [1.54, 1.807) is 4.68 Å². The van der Waals surface area contributed by atoms with Crippen LogP contribution in [0.3, 0.4) is 0 Å². The van der Waals surface area contributed by atoms with Crippen LogP contribution >= 0.6 is 0 Å². The van der Waals surface area contributed by atoms with E-state index in [0.717, 1.165) is 37.1 Å². The summed E-state index contributed by atoms with van der Waals surface area (Å²) in [5, 5.41) is 12.9. The lowest BCUT2D eigenvalue weighted by Crippen LogP contribution is -2.44. The fourth-order valence-corrected chi connectivity index (χ4v) is 2.20. The summed E-state index contributed by atoms with van der Waals surface area (Å²) in [6.07, 6.45) is 1.89. The van der Waals surface area contributed by atoms with Gasteiger partial charge in [0.2, 0.25) is 0 Å². The molecule has 0 spiro atoms. The summed E-state index contributed by atoms with van der Waals surface area (Å²) in [4.78, 5) is 2.22. The molecule has 0 aliphatic carbocycles. The van der Waals surface area contributed by atoms with Gasteiger partial charge in [-0.1, -0.05) is 0 Å². The topological polar surface area (TPSA) is 56.1 Å². The lowest BCUT2D eigenvalue weighted by molar-refractivity contribution is 0.0984. The van der Waals surface area contributed by atoms with Gasteiger partial charge in [0.25, 0.3) is 0 Å². The Kier molecular flexibility index (Phi) is 3.16. The highest BCUT2D eigenvalue weighted by Crippen LogP contribution is 2.17. The van der Waals surface area contributed by atoms with E-state index < -0.39 is 0 Å². The highest BCUT2D eigenvalue weighted by molar-refractivity contribution is 5.41. The molecule has 0 aromatic carbocycles. The smallest absolute Gasteiger partial charge is 0.175 e. The van der Waals surface area contributed by atoms with E-state index in [0.29, 0.717) is 6.04 Å². The van der Waals surface area contributed by atoms with Crippen molar-refractivity contribution in [1.82, 2.24) is 20.0 Å². The first kappa shape index (κ1) is 12.1. The molecule has 1 unspecified atom stereocenters. The third-order valence-electron chi connectivity index (χ3n) is 3.26. The van der Waals surface area contributed by atoms with Gasteiger partial charge in [0.05, 0.1) is 24.9 Å². The molecule has 1 atom stereocenters. The van der Waals surface area contributed by atoms with E-state index in [2.05, 4.69) is 27.1 Å². The second-order valence-corrected chi connectivity index (χ2v) is 4.77. The molecule has 3 rings (SSSR count). The molecule has 3 heterocycles. The van der Waals surface area contributed by atoms with Crippen LogP contribution in [0.25, 0.3) is 5.82 Å². The van der Waals surface area contributed by atoms with Gasteiger partial charge in [-0.15, -0.1) is 10.2 Å². The molecule has 6 heteroatoms. The van der Waals surface area contributed by atoms with Gasteiger partial charge < -0.3 is 9.64 Å². The molecule has 2 aromatic rings. The lowest BCUT2D eigenvalue weighted by Gasteiger charge is -2.33. The Morgan fingerprint density at radius 1 is 1.21 bits per heavy atom. The number of hydrogen-bond donors (Lipinski definition) is 0. The van der Waals surface area contributed by atoms with Gasteiger partial charge in [0.1, 0.15) is 0 Å². The SMILES string of the molecule is Cc1ccn(-c2ccc(N3CCOCC3C)nn2)n1. The minimum absolute atomic E-state index is 0.334. The van der Waals surface area contributed by atoms with E-state index in [9.17, 15) is 0 Å². The van der Waals surface area contributed by atoms with E-state index >= 15 is 0 Å². The maximum atomic E-state index is 5.43. The van der Waals surface area contributed by atoms with Crippen molar-refractivity contribution >= 4 is 5.82 Å². The van der Waals surface area contributed by atoms with E-state index in [1.165, 1.54) is 0 Å². The normalized spacial score (nSPS) is 19.7. The fraction of sp³-hybridized carbons (Fsp3) is 0.462. The number of anilines is 1. The van der Waals surface area contributed by atoms with Crippen molar-refractivity contribution in [2.75, 3.05) is 24.7 Å². The molecule has 0 bridgehead atoms. The van der Waals surface area contributed by atoms with Crippen LogP contribution in [0.5, 0.6) is 0 Å². The van der Waals surface area contributed by atoms with Gasteiger partial charge in [-0.3, -0.25) is 0 Å². The minimum atomic E-state index is 0.334. The first-order valence-electron chi connectivity index (χ1n) is 6.45. The molecule has 1 fully saturated rings. The number of hydrogen-bond acceptors (Lipinski definition) is 5. The molecule has 6 nitrogen and oxygen atoms in total. The zero-order chi connectivity index (χ0) is 13.2. The summed E-state index contributed by atoms with van der Waals surface area (Å²) in [7, 11) is 0.